The van der Waals surface area contributed by atoms with Gasteiger partial charge in [0, 0.05) is 32.6 Å². The normalized spacial score (nSPS) is 15.4. The fourth-order valence-corrected chi connectivity index (χ4v) is 5.01. The highest BCUT2D eigenvalue weighted by atomic mass is 19.1. The van der Waals surface area contributed by atoms with E-state index in [4.69, 9.17) is 4.98 Å². The molecule has 0 saturated carbocycles. The van der Waals surface area contributed by atoms with E-state index in [9.17, 15) is 14.0 Å². The predicted octanol–water partition coefficient (Wildman–Crippen LogP) is 5.48. The summed E-state index contributed by atoms with van der Waals surface area (Å²) in [5.41, 5.74) is 1.08. The second kappa shape index (κ2) is 12.3. The van der Waals surface area contributed by atoms with Crippen LogP contribution >= 0.6 is 0 Å². The molecule has 4 rings (SSSR count). The molecule has 1 unspecified atom stereocenters. The van der Waals surface area contributed by atoms with Crippen LogP contribution in [0.3, 0.4) is 0 Å². The van der Waals surface area contributed by atoms with Crippen LogP contribution in [0, 0.1) is 5.82 Å². The van der Waals surface area contributed by atoms with Gasteiger partial charge in [-0.2, -0.15) is 0 Å². The van der Waals surface area contributed by atoms with Crippen molar-refractivity contribution in [2.75, 3.05) is 26.2 Å². The molecule has 1 atom stereocenters. The molecule has 1 saturated heterocycles. The Morgan fingerprint density at radius 2 is 1.61 bits per heavy atom. The number of piperazine rings is 1. The Balaban J connectivity index is 1.47. The summed E-state index contributed by atoms with van der Waals surface area (Å²) < 4.78 is 15.2. The van der Waals surface area contributed by atoms with Gasteiger partial charge in [-0.1, -0.05) is 51.2 Å². The zero-order valence-electron chi connectivity index (χ0n) is 21.5. The van der Waals surface area contributed by atoms with Gasteiger partial charge < -0.3 is 4.90 Å². The van der Waals surface area contributed by atoms with Crippen molar-refractivity contribution in [1.29, 1.82) is 0 Å². The molecular formula is C29H37FN4O2. The van der Waals surface area contributed by atoms with E-state index >= 15 is 0 Å². The fourth-order valence-electron chi connectivity index (χ4n) is 5.01. The van der Waals surface area contributed by atoms with E-state index < -0.39 is 0 Å². The third-order valence-corrected chi connectivity index (χ3v) is 7.22. The summed E-state index contributed by atoms with van der Waals surface area (Å²) in [5.74, 6) is 0.513. The molecule has 2 heterocycles. The molecular weight excluding hydrogens is 455 g/mol. The van der Waals surface area contributed by atoms with E-state index in [1.807, 2.05) is 30.0 Å². The zero-order valence-corrected chi connectivity index (χ0v) is 21.5. The molecule has 192 valence electrons. The number of rotatable bonds is 10. The van der Waals surface area contributed by atoms with Crippen molar-refractivity contribution in [3.05, 3.63) is 70.5 Å². The lowest BCUT2D eigenvalue weighted by Crippen LogP contribution is -2.49. The molecule has 0 radical (unpaired) electrons. The second-order valence-corrected chi connectivity index (χ2v) is 9.71. The van der Waals surface area contributed by atoms with Crippen molar-refractivity contribution in [1.82, 2.24) is 19.4 Å². The molecule has 6 nitrogen and oxygen atoms in total. The highest BCUT2D eigenvalue weighted by Crippen LogP contribution is 2.24. The Bertz CT molecular complexity index is 1220. The van der Waals surface area contributed by atoms with Crippen LogP contribution in [0.2, 0.25) is 0 Å². The van der Waals surface area contributed by atoms with Crippen LogP contribution in [0.4, 0.5) is 4.39 Å². The second-order valence-electron chi connectivity index (χ2n) is 9.71. The van der Waals surface area contributed by atoms with Crippen molar-refractivity contribution < 1.29 is 9.18 Å². The first-order chi connectivity index (χ1) is 17.5. The van der Waals surface area contributed by atoms with E-state index in [0.29, 0.717) is 41.9 Å². The van der Waals surface area contributed by atoms with Gasteiger partial charge in [0.1, 0.15) is 11.6 Å². The van der Waals surface area contributed by atoms with Gasteiger partial charge in [-0.15, -0.1) is 0 Å². The maximum atomic E-state index is 13.6. The average molecular weight is 493 g/mol. The van der Waals surface area contributed by atoms with Gasteiger partial charge in [0.25, 0.3) is 5.56 Å². The number of amides is 1. The Morgan fingerprint density at radius 1 is 0.944 bits per heavy atom. The lowest BCUT2D eigenvalue weighted by atomic mass is 10.1. The number of carbonyl (C=O) groups excluding carboxylic acids is 1. The van der Waals surface area contributed by atoms with Gasteiger partial charge in [0.05, 0.1) is 22.6 Å². The number of carbonyl (C=O) groups is 1. The Hall–Kier alpha value is -3.06. The average Bonchev–Trinajstić information content (AvgIpc) is 2.91. The smallest absolute Gasteiger partial charge is 0.266 e. The number of unbranched alkanes of at least 4 members (excludes halogenated alkanes) is 5. The van der Waals surface area contributed by atoms with Crippen molar-refractivity contribution in [2.45, 2.75) is 64.8 Å². The van der Waals surface area contributed by atoms with Gasteiger partial charge in [0.2, 0.25) is 5.91 Å². The summed E-state index contributed by atoms with van der Waals surface area (Å²) in [6, 6.07) is 13.1. The summed E-state index contributed by atoms with van der Waals surface area (Å²) in [4.78, 5) is 35.3. The maximum Gasteiger partial charge on any atom is 0.266 e. The molecule has 1 aliphatic heterocycles. The number of benzene rings is 2. The Labute approximate surface area is 212 Å². The highest BCUT2D eigenvalue weighted by Gasteiger charge is 2.28. The molecule has 0 N–H and O–H groups in total. The lowest BCUT2D eigenvalue weighted by Gasteiger charge is -2.38. The zero-order chi connectivity index (χ0) is 25.5. The fraction of sp³-hybridized carbons (Fsp3) is 0.483. The van der Waals surface area contributed by atoms with Gasteiger partial charge in [-0.05, 0) is 49.7 Å². The molecule has 0 aliphatic carbocycles. The summed E-state index contributed by atoms with van der Waals surface area (Å²) in [7, 11) is 0. The number of hydrogen-bond donors (Lipinski definition) is 0. The number of halogens is 1. The first kappa shape index (κ1) is 26.0. The van der Waals surface area contributed by atoms with Crippen LogP contribution < -0.4 is 5.56 Å². The largest absolute Gasteiger partial charge is 0.340 e. The molecule has 36 heavy (non-hydrogen) atoms. The third-order valence-electron chi connectivity index (χ3n) is 7.22. The molecule has 1 aromatic heterocycles. The van der Waals surface area contributed by atoms with Crippen molar-refractivity contribution in [3.63, 3.8) is 0 Å². The Morgan fingerprint density at radius 3 is 2.33 bits per heavy atom. The van der Waals surface area contributed by atoms with E-state index in [0.717, 1.165) is 25.9 Å². The summed E-state index contributed by atoms with van der Waals surface area (Å²) in [6.45, 7) is 7.04. The number of nitrogens with zero attached hydrogens (tertiary/aromatic N) is 4. The van der Waals surface area contributed by atoms with Crippen molar-refractivity contribution >= 4 is 16.8 Å². The van der Waals surface area contributed by atoms with Crippen LogP contribution in [0.15, 0.2) is 53.3 Å². The molecule has 3 aromatic rings. The standard InChI is InChI=1S/C29H37FN4O2/c1-3-4-5-6-7-8-13-27(35)33-20-18-32(19-21-33)22(2)28-31-26-12-10-9-11-25(26)29(36)34(28)24-16-14-23(30)15-17-24/h9-12,14-17,22H,3-8,13,18-21H2,1-2H3. The van der Waals surface area contributed by atoms with E-state index in [2.05, 4.69) is 11.8 Å². The third kappa shape index (κ3) is 6.01. The predicted molar refractivity (Wildman–Crippen MR) is 142 cm³/mol. The van der Waals surface area contributed by atoms with E-state index in [-0.39, 0.29) is 23.3 Å². The molecule has 0 spiro atoms. The molecule has 0 bridgehead atoms. The quantitative estimate of drug-likeness (QED) is 0.352. The molecule has 1 amide bonds. The van der Waals surface area contributed by atoms with Gasteiger partial charge in [-0.3, -0.25) is 19.1 Å². The number of hydrogen-bond acceptors (Lipinski definition) is 4. The summed E-state index contributed by atoms with van der Waals surface area (Å²) in [5, 5.41) is 0.530. The number of aromatic nitrogens is 2. The molecule has 1 fully saturated rings. The van der Waals surface area contributed by atoms with Crippen LogP contribution in [0.1, 0.15) is 70.7 Å². The highest BCUT2D eigenvalue weighted by molar-refractivity contribution is 5.78. The minimum absolute atomic E-state index is 0.150. The minimum Gasteiger partial charge on any atom is -0.340 e. The molecule has 2 aromatic carbocycles. The van der Waals surface area contributed by atoms with Gasteiger partial charge in [0.15, 0.2) is 0 Å². The first-order valence-electron chi connectivity index (χ1n) is 13.3. The number of para-hydroxylation sites is 1. The maximum absolute atomic E-state index is 13.6. The summed E-state index contributed by atoms with van der Waals surface area (Å²) >= 11 is 0. The van der Waals surface area contributed by atoms with E-state index in [1.54, 1.807) is 22.8 Å². The van der Waals surface area contributed by atoms with Crippen LogP contribution in [-0.4, -0.2) is 51.4 Å². The monoisotopic (exact) mass is 492 g/mol. The van der Waals surface area contributed by atoms with Crippen LogP contribution in [0.25, 0.3) is 16.6 Å². The first-order valence-corrected chi connectivity index (χ1v) is 13.3. The topological polar surface area (TPSA) is 58.4 Å². The van der Waals surface area contributed by atoms with Crippen LogP contribution in [-0.2, 0) is 4.79 Å². The Kier molecular flexibility index (Phi) is 8.86. The van der Waals surface area contributed by atoms with Gasteiger partial charge >= 0.3 is 0 Å². The summed E-state index contributed by atoms with van der Waals surface area (Å²) in [6.07, 6.45) is 7.68. The lowest BCUT2D eigenvalue weighted by molar-refractivity contribution is -0.133. The minimum atomic E-state index is -0.350. The van der Waals surface area contributed by atoms with Gasteiger partial charge in [-0.25, -0.2) is 9.37 Å². The molecule has 1 aliphatic rings. The van der Waals surface area contributed by atoms with Crippen molar-refractivity contribution in [3.8, 4) is 5.69 Å². The molecule has 7 heteroatoms. The van der Waals surface area contributed by atoms with E-state index in [1.165, 1.54) is 37.8 Å². The van der Waals surface area contributed by atoms with Crippen molar-refractivity contribution in [2.24, 2.45) is 0 Å². The van der Waals surface area contributed by atoms with Crippen LogP contribution in [0.5, 0.6) is 0 Å². The number of fused-ring (bicyclic) bond motifs is 1. The SMILES string of the molecule is CCCCCCCCC(=O)N1CCN(C(C)c2nc3ccccc3c(=O)n2-c2ccc(F)cc2)CC1.